The van der Waals surface area contributed by atoms with Gasteiger partial charge >= 0.3 is 0 Å². The van der Waals surface area contributed by atoms with E-state index in [2.05, 4.69) is 24.2 Å². The summed E-state index contributed by atoms with van der Waals surface area (Å²) in [5, 5.41) is 4.54. The van der Waals surface area contributed by atoms with Crippen LogP contribution < -0.4 is 5.32 Å². The molecular formula is C9H18N2S. The summed E-state index contributed by atoms with van der Waals surface area (Å²) in [6, 6.07) is 0. The van der Waals surface area contributed by atoms with Crippen molar-refractivity contribution in [3.63, 3.8) is 0 Å². The van der Waals surface area contributed by atoms with Gasteiger partial charge in [-0.3, -0.25) is 4.99 Å². The van der Waals surface area contributed by atoms with Crippen LogP contribution in [0.5, 0.6) is 0 Å². The number of nitrogens with zero attached hydrogens (tertiary/aromatic N) is 1. The Hall–Kier alpha value is -0.180. The molecule has 70 valence electrons. The highest BCUT2D eigenvalue weighted by molar-refractivity contribution is 8.13. The van der Waals surface area contributed by atoms with Crippen molar-refractivity contribution in [1.82, 2.24) is 5.32 Å². The fourth-order valence-electron chi connectivity index (χ4n) is 0.972. The molecule has 1 heterocycles. The predicted octanol–water partition coefficient (Wildman–Crippen LogP) is 2.12. The normalized spacial score (nSPS) is 20.0. The minimum absolute atomic E-state index is 0.759. The molecule has 3 heteroatoms. The van der Waals surface area contributed by atoms with Crippen LogP contribution in [0.15, 0.2) is 4.99 Å². The average Bonchev–Trinajstić information content (AvgIpc) is 2.16. The molecule has 0 amide bonds. The summed E-state index contributed by atoms with van der Waals surface area (Å²) in [4.78, 5) is 4.40. The maximum atomic E-state index is 4.40. The van der Waals surface area contributed by atoms with E-state index in [9.17, 15) is 0 Å². The molecule has 1 unspecified atom stereocenters. The van der Waals surface area contributed by atoms with Gasteiger partial charge in [0.2, 0.25) is 0 Å². The fraction of sp³-hybridized carbons (Fsp3) is 0.889. The molecule has 1 rings (SSSR count). The Morgan fingerprint density at radius 1 is 1.67 bits per heavy atom. The van der Waals surface area contributed by atoms with Crippen molar-refractivity contribution in [3.05, 3.63) is 0 Å². The second-order valence-corrected chi connectivity index (χ2v) is 4.37. The summed E-state index contributed by atoms with van der Waals surface area (Å²) >= 11 is 1.85. The molecule has 0 radical (unpaired) electrons. The first-order valence-corrected chi connectivity index (χ1v) is 5.72. The third-order valence-corrected chi connectivity index (χ3v) is 3.13. The molecule has 1 aliphatic heterocycles. The van der Waals surface area contributed by atoms with E-state index in [1.165, 1.54) is 18.6 Å². The highest BCUT2D eigenvalue weighted by Gasteiger charge is 2.05. The minimum atomic E-state index is 0.759. The smallest absolute Gasteiger partial charge is 0.156 e. The van der Waals surface area contributed by atoms with Gasteiger partial charge in [-0.1, -0.05) is 32.0 Å². The summed E-state index contributed by atoms with van der Waals surface area (Å²) in [7, 11) is 0. The molecule has 0 fully saturated rings. The highest BCUT2D eigenvalue weighted by Crippen LogP contribution is 2.10. The van der Waals surface area contributed by atoms with Gasteiger partial charge in [0.1, 0.15) is 0 Å². The van der Waals surface area contributed by atoms with Crippen molar-refractivity contribution in [2.45, 2.75) is 26.7 Å². The molecule has 0 aromatic rings. The van der Waals surface area contributed by atoms with Crippen molar-refractivity contribution in [2.75, 3.05) is 18.8 Å². The maximum Gasteiger partial charge on any atom is 0.156 e. The average molecular weight is 186 g/mol. The first-order chi connectivity index (χ1) is 5.83. The van der Waals surface area contributed by atoms with Gasteiger partial charge in [-0.05, 0) is 12.3 Å². The Bertz CT molecular complexity index is 157. The lowest BCUT2D eigenvalue weighted by atomic mass is 10.1. The van der Waals surface area contributed by atoms with Gasteiger partial charge in [-0.2, -0.15) is 0 Å². The topological polar surface area (TPSA) is 24.4 Å². The van der Waals surface area contributed by atoms with Crippen molar-refractivity contribution < 1.29 is 0 Å². The number of aliphatic imine (C=N–C) groups is 1. The Kier molecular flexibility index (Phi) is 4.51. The van der Waals surface area contributed by atoms with E-state index in [-0.39, 0.29) is 0 Å². The summed E-state index contributed by atoms with van der Waals surface area (Å²) in [5.41, 5.74) is 0. The largest absolute Gasteiger partial charge is 0.365 e. The lowest BCUT2D eigenvalue weighted by molar-refractivity contribution is 0.550. The predicted molar refractivity (Wildman–Crippen MR) is 56.8 cm³/mol. The zero-order chi connectivity index (χ0) is 8.81. The van der Waals surface area contributed by atoms with Crippen LogP contribution in [0.3, 0.4) is 0 Å². The standard InChI is InChI=1S/C9H18N2S/c1-3-8(2)7-11-9-10-5-4-6-12-9/h8H,3-7H2,1-2H3,(H,10,11). The van der Waals surface area contributed by atoms with E-state index in [1.54, 1.807) is 0 Å². The lowest BCUT2D eigenvalue weighted by Crippen LogP contribution is -2.27. The van der Waals surface area contributed by atoms with E-state index in [0.29, 0.717) is 0 Å². The van der Waals surface area contributed by atoms with Gasteiger partial charge in [-0.15, -0.1) is 0 Å². The van der Waals surface area contributed by atoms with Crippen LogP contribution in [-0.2, 0) is 0 Å². The minimum Gasteiger partial charge on any atom is -0.365 e. The molecule has 0 saturated carbocycles. The summed E-state index contributed by atoms with van der Waals surface area (Å²) in [6.07, 6.45) is 2.48. The number of amidine groups is 1. The molecular weight excluding hydrogens is 168 g/mol. The third-order valence-electron chi connectivity index (χ3n) is 2.10. The molecule has 0 aromatic carbocycles. The molecule has 1 N–H and O–H groups in total. The van der Waals surface area contributed by atoms with Crippen LogP contribution in [0.2, 0.25) is 0 Å². The molecule has 0 aromatic heterocycles. The Morgan fingerprint density at radius 2 is 2.50 bits per heavy atom. The maximum absolute atomic E-state index is 4.40. The van der Waals surface area contributed by atoms with E-state index >= 15 is 0 Å². The molecule has 2 nitrogen and oxygen atoms in total. The molecule has 0 saturated heterocycles. The van der Waals surface area contributed by atoms with E-state index in [4.69, 9.17) is 0 Å². The van der Waals surface area contributed by atoms with Crippen molar-refractivity contribution >= 4 is 16.9 Å². The summed E-state index contributed by atoms with van der Waals surface area (Å²) in [5.74, 6) is 1.99. The Balaban J connectivity index is 2.17. The van der Waals surface area contributed by atoms with Crippen LogP contribution in [0.1, 0.15) is 26.7 Å². The van der Waals surface area contributed by atoms with E-state index in [0.717, 1.165) is 24.2 Å². The molecule has 0 aliphatic carbocycles. The van der Waals surface area contributed by atoms with Crippen molar-refractivity contribution in [3.8, 4) is 0 Å². The third kappa shape index (κ3) is 3.48. The van der Waals surface area contributed by atoms with Crippen molar-refractivity contribution in [2.24, 2.45) is 10.9 Å². The summed E-state index contributed by atoms with van der Waals surface area (Å²) < 4.78 is 0. The van der Waals surface area contributed by atoms with Crippen LogP contribution in [0, 0.1) is 5.92 Å². The number of hydrogen-bond acceptors (Lipinski definition) is 3. The van der Waals surface area contributed by atoms with Crippen molar-refractivity contribution in [1.29, 1.82) is 0 Å². The van der Waals surface area contributed by atoms with E-state index in [1.807, 2.05) is 11.8 Å². The number of rotatable bonds is 3. The Labute approximate surface area is 79.2 Å². The fourth-order valence-corrected chi connectivity index (χ4v) is 1.81. The first-order valence-electron chi connectivity index (χ1n) is 4.74. The van der Waals surface area contributed by atoms with Crippen LogP contribution in [-0.4, -0.2) is 24.0 Å². The van der Waals surface area contributed by atoms with Crippen LogP contribution >= 0.6 is 11.8 Å². The van der Waals surface area contributed by atoms with Gasteiger partial charge in [-0.25, -0.2) is 0 Å². The van der Waals surface area contributed by atoms with Gasteiger partial charge in [0.05, 0.1) is 0 Å². The Morgan fingerprint density at radius 3 is 3.08 bits per heavy atom. The van der Waals surface area contributed by atoms with Gasteiger partial charge in [0.15, 0.2) is 5.17 Å². The highest BCUT2D eigenvalue weighted by atomic mass is 32.2. The molecule has 1 atom stereocenters. The molecule has 0 bridgehead atoms. The second-order valence-electron chi connectivity index (χ2n) is 3.28. The summed E-state index contributed by atoms with van der Waals surface area (Å²) in [6.45, 7) is 6.57. The van der Waals surface area contributed by atoms with Crippen LogP contribution in [0.25, 0.3) is 0 Å². The number of thioether (sulfide) groups is 1. The zero-order valence-corrected chi connectivity index (χ0v) is 8.78. The van der Waals surface area contributed by atoms with Crippen LogP contribution in [0.4, 0.5) is 0 Å². The monoisotopic (exact) mass is 186 g/mol. The van der Waals surface area contributed by atoms with E-state index < -0.39 is 0 Å². The van der Waals surface area contributed by atoms with Gasteiger partial charge in [0, 0.05) is 18.8 Å². The lowest BCUT2D eigenvalue weighted by Gasteiger charge is -2.15. The number of hydrogen-bond donors (Lipinski definition) is 1. The molecule has 12 heavy (non-hydrogen) atoms. The molecule has 0 spiro atoms. The number of nitrogens with one attached hydrogen (secondary N) is 1. The SMILES string of the molecule is CCC(C)CNC1=NCCCS1. The van der Waals surface area contributed by atoms with Gasteiger partial charge in [0.25, 0.3) is 0 Å². The molecule has 1 aliphatic rings. The second kappa shape index (κ2) is 5.46. The first kappa shape index (κ1) is 9.90. The van der Waals surface area contributed by atoms with Gasteiger partial charge < -0.3 is 5.32 Å². The quantitative estimate of drug-likeness (QED) is 0.730. The zero-order valence-electron chi connectivity index (χ0n) is 7.97.